The van der Waals surface area contributed by atoms with E-state index in [2.05, 4.69) is 23.9 Å². The van der Waals surface area contributed by atoms with Gasteiger partial charge in [0.2, 0.25) is 0 Å². The van der Waals surface area contributed by atoms with Gasteiger partial charge in [0.1, 0.15) is 0 Å². The first kappa shape index (κ1) is 17.9. The standard InChI is InChI=1S/C21H24N4O/c1-3-17(2)25(16-18-8-11-22-12-9-18)21(26)20-7-4-6-19(14-20)15-24-13-5-10-23-24/h4-14,17H,3,15-16H2,1-2H3. The highest BCUT2D eigenvalue weighted by molar-refractivity contribution is 5.94. The molecule has 0 spiro atoms. The van der Waals surface area contributed by atoms with Gasteiger partial charge in [0.05, 0.1) is 6.54 Å². The minimum atomic E-state index is 0.0541. The van der Waals surface area contributed by atoms with Crippen LogP contribution in [0.3, 0.4) is 0 Å². The lowest BCUT2D eigenvalue weighted by Crippen LogP contribution is -2.37. The normalized spacial score (nSPS) is 11.9. The van der Waals surface area contributed by atoms with Crippen LogP contribution >= 0.6 is 0 Å². The minimum Gasteiger partial charge on any atom is -0.332 e. The number of pyridine rings is 1. The Morgan fingerprint density at radius 3 is 2.62 bits per heavy atom. The maximum Gasteiger partial charge on any atom is 0.254 e. The molecule has 26 heavy (non-hydrogen) atoms. The summed E-state index contributed by atoms with van der Waals surface area (Å²) in [6.45, 7) is 5.43. The molecule has 1 unspecified atom stereocenters. The monoisotopic (exact) mass is 348 g/mol. The van der Waals surface area contributed by atoms with Gasteiger partial charge in [0.25, 0.3) is 5.91 Å². The van der Waals surface area contributed by atoms with E-state index in [-0.39, 0.29) is 11.9 Å². The fourth-order valence-electron chi connectivity index (χ4n) is 2.88. The molecule has 0 radical (unpaired) electrons. The summed E-state index contributed by atoms with van der Waals surface area (Å²) in [5.74, 6) is 0.0541. The van der Waals surface area contributed by atoms with Crippen LogP contribution in [0.1, 0.15) is 41.8 Å². The minimum absolute atomic E-state index is 0.0541. The summed E-state index contributed by atoms with van der Waals surface area (Å²) in [6, 6.07) is 13.8. The Morgan fingerprint density at radius 1 is 1.12 bits per heavy atom. The van der Waals surface area contributed by atoms with Crippen molar-refractivity contribution < 1.29 is 4.79 Å². The maximum absolute atomic E-state index is 13.2. The molecule has 0 aliphatic carbocycles. The van der Waals surface area contributed by atoms with E-state index in [4.69, 9.17) is 0 Å². The Balaban J connectivity index is 1.82. The Labute approximate surface area is 154 Å². The van der Waals surface area contributed by atoms with Crippen LogP contribution in [0.2, 0.25) is 0 Å². The molecule has 2 aromatic heterocycles. The third kappa shape index (κ3) is 4.36. The van der Waals surface area contributed by atoms with Crippen LogP contribution in [0.25, 0.3) is 0 Å². The van der Waals surface area contributed by atoms with Gasteiger partial charge >= 0.3 is 0 Å². The Kier molecular flexibility index (Phi) is 5.79. The molecule has 0 saturated heterocycles. The molecule has 3 rings (SSSR count). The van der Waals surface area contributed by atoms with Crippen molar-refractivity contribution in [2.75, 3.05) is 0 Å². The van der Waals surface area contributed by atoms with Crippen molar-refractivity contribution in [2.45, 2.75) is 39.4 Å². The van der Waals surface area contributed by atoms with Crippen LogP contribution in [0.15, 0.2) is 67.3 Å². The summed E-state index contributed by atoms with van der Waals surface area (Å²) in [7, 11) is 0. The van der Waals surface area contributed by atoms with Gasteiger partial charge in [0.15, 0.2) is 0 Å². The number of aromatic nitrogens is 3. The molecule has 2 heterocycles. The first-order chi connectivity index (χ1) is 12.7. The summed E-state index contributed by atoms with van der Waals surface area (Å²) in [6.07, 6.45) is 8.11. The molecule has 0 bridgehead atoms. The maximum atomic E-state index is 13.2. The Morgan fingerprint density at radius 2 is 1.92 bits per heavy atom. The third-order valence-electron chi connectivity index (χ3n) is 4.56. The smallest absolute Gasteiger partial charge is 0.254 e. The fourth-order valence-corrected chi connectivity index (χ4v) is 2.88. The first-order valence-corrected chi connectivity index (χ1v) is 8.93. The molecule has 134 valence electrons. The zero-order chi connectivity index (χ0) is 18.4. The van der Waals surface area contributed by atoms with Gasteiger partial charge < -0.3 is 4.90 Å². The van der Waals surface area contributed by atoms with E-state index < -0.39 is 0 Å². The van der Waals surface area contributed by atoms with Gasteiger partial charge in [-0.25, -0.2) is 0 Å². The molecule has 1 atom stereocenters. The highest BCUT2D eigenvalue weighted by Crippen LogP contribution is 2.16. The van der Waals surface area contributed by atoms with Crippen molar-refractivity contribution in [1.82, 2.24) is 19.7 Å². The van der Waals surface area contributed by atoms with Crippen molar-refractivity contribution in [1.29, 1.82) is 0 Å². The van der Waals surface area contributed by atoms with Crippen LogP contribution in [-0.2, 0) is 13.1 Å². The van der Waals surface area contributed by atoms with Crippen LogP contribution < -0.4 is 0 Å². The SMILES string of the molecule is CCC(C)N(Cc1ccncc1)C(=O)c1cccc(Cn2cccn2)c1. The predicted octanol–water partition coefficient (Wildman–Crippen LogP) is 3.77. The second kappa shape index (κ2) is 8.43. The van der Waals surface area contributed by atoms with Gasteiger partial charge in [-0.2, -0.15) is 5.10 Å². The summed E-state index contributed by atoms with van der Waals surface area (Å²) < 4.78 is 1.85. The first-order valence-electron chi connectivity index (χ1n) is 8.93. The van der Waals surface area contributed by atoms with Crippen molar-refractivity contribution in [3.63, 3.8) is 0 Å². The Hall–Kier alpha value is -2.95. The van der Waals surface area contributed by atoms with E-state index in [9.17, 15) is 4.79 Å². The van der Waals surface area contributed by atoms with E-state index >= 15 is 0 Å². The Bertz CT molecular complexity index is 830. The lowest BCUT2D eigenvalue weighted by molar-refractivity contribution is 0.0671. The van der Waals surface area contributed by atoms with Crippen LogP contribution in [0.5, 0.6) is 0 Å². The van der Waals surface area contributed by atoms with Crippen molar-refractivity contribution in [3.05, 3.63) is 83.9 Å². The number of hydrogen-bond acceptors (Lipinski definition) is 3. The highest BCUT2D eigenvalue weighted by Gasteiger charge is 2.21. The number of hydrogen-bond donors (Lipinski definition) is 0. The summed E-state index contributed by atoms with van der Waals surface area (Å²) >= 11 is 0. The average Bonchev–Trinajstić information content (AvgIpc) is 3.19. The summed E-state index contributed by atoms with van der Waals surface area (Å²) in [4.78, 5) is 19.2. The zero-order valence-electron chi connectivity index (χ0n) is 15.2. The average molecular weight is 348 g/mol. The highest BCUT2D eigenvalue weighted by atomic mass is 16.2. The fraction of sp³-hybridized carbons (Fsp3) is 0.286. The van der Waals surface area contributed by atoms with Crippen molar-refractivity contribution >= 4 is 5.91 Å². The lowest BCUT2D eigenvalue weighted by Gasteiger charge is -2.29. The molecule has 1 amide bonds. The molecule has 3 aromatic rings. The van der Waals surface area contributed by atoms with E-state index in [0.717, 1.165) is 17.5 Å². The van der Waals surface area contributed by atoms with Gasteiger partial charge in [0, 0.05) is 42.9 Å². The van der Waals surface area contributed by atoms with Gasteiger partial charge in [-0.1, -0.05) is 19.1 Å². The molecule has 0 saturated carbocycles. The largest absolute Gasteiger partial charge is 0.332 e. The number of rotatable bonds is 7. The lowest BCUT2D eigenvalue weighted by atomic mass is 10.1. The van der Waals surface area contributed by atoms with E-state index in [0.29, 0.717) is 18.7 Å². The molecule has 0 N–H and O–H groups in total. The van der Waals surface area contributed by atoms with E-state index in [1.54, 1.807) is 18.6 Å². The molecule has 0 aliphatic rings. The van der Waals surface area contributed by atoms with Crippen LogP contribution in [0.4, 0.5) is 0 Å². The quantitative estimate of drug-likeness (QED) is 0.653. The number of amides is 1. The van der Waals surface area contributed by atoms with Gasteiger partial charge in [-0.3, -0.25) is 14.5 Å². The van der Waals surface area contributed by atoms with E-state index in [1.165, 1.54) is 0 Å². The molecule has 1 aromatic carbocycles. The van der Waals surface area contributed by atoms with E-state index in [1.807, 2.05) is 58.2 Å². The molecule has 5 heteroatoms. The van der Waals surface area contributed by atoms with Crippen LogP contribution in [-0.4, -0.2) is 31.6 Å². The van der Waals surface area contributed by atoms with Gasteiger partial charge in [-0.15, -0.1) is 0 Å². The van der Waals surface area contributed by atoms with Crippen molar-refractivity contribution in [3.8, 4) is 0 Å². The molecular formula is C21H24N4O. The topological polar surface area (TPSA) is 51.0 Å². The number of nitrogens with zero attached hydrogens (tertiary/aromatic N) is 4. The molecular weight excluding hydrogens is 324 g/mol. The second-order valence-corrected chi connectivity index (χ2v) is 6.45. The molecule has 0 fully saturated rings. The number of carbonyl (C=O) groups is 1. The summed E-state index contributed by atoms with van der Waals surface area (Å²) in [5, 5.41) is 4.23. The molecule has 5 nitrogen and oxygen atoms in total. The van der Waals surface area contributed by atoms with Gasteiger partial charge in [-0.05, 0) is 54.8 Å². The zero-order valence-corrected chi connectivity index (χ0v) is 15.2. The number of carbonyl (C=O) groups excluding carboxylic acids is 1. The van der Waals surface area contributed by atoms with Crippen LogP contribution in [0, 0.1) is 0 Å². The third-order valence-corrected chi connectivity index (χ3v) is 4.56. The predicted molar refractivity (Wildman–Crippen MR) is 102 cm³/mol. The second-order valence-electron chi connectivity index (χ2n) is 6.45. The van der Waals surface area contributed by atoms with Crippen molar-refractivity contribution in [2.24, 2.45) is 0 Å². The number of benzene rings is 1. The summed E-state index contributed by atoms with van der Waals surface area (Å²) in [5.41, 5.74) is 2.86. The molecule has 0 aliphatic heterocycles.